The Hall–Kier alpha value is -4.35. The Morgan fingerprint density at radius 3 is 2.50 bits per heavy atom. The summed E-state index contributed by atoms with van der Waals surface area (Å²) in [6.07, 6.45) is 9.02. The summed E-state index contributed by atoms with van der Waals surface area (Å²) >= 11 is 0. The maximum Gasteiger partial charge on any atom is 0.410 e. The van der Waals surface area contributed by atoms with E-state index in [1.807, 2.05) is 27.7 Å². The summed E-state index contributed by atoms with van der Waals surface area (Å²) in [5, 5.41) is 2.74. The number of hydrogen-bond acceptors (Lipinski definition) is 8. The molecule has 0 atom stereocenters. The fourth-order valence-corrected chi connectivity index (χ4v) is 5.04. The van der Waals surface area contributed by atoms with Crippen LogP contribution in [0.3, 0.4) is 0 Å². The Morgan fingerprint density at radius 1 is 1.12 bits per heavy atom. The van der Waals surface area contributed by atoms with Crippen molar-refractivity contribution in [2.45, 2.75) is 59.1 Å². The maximum atomic E-state index is 14.5. The highest BCUT2D eigenvalue weighted by atomic mass is 19.1. The van der Waals surface area contributed by atoms with Crippen molar-refractivity contribution in [3.8, 4) is 0 Å². The van der Waals surface area contributed by atoms with E-state index in [2.05, 4.69) is 30.2 Å². The summed E-state index contributed by atoms with van der Waals surface area (Å²) < 4.78 is 21.7. The van der Waals surface area contributed by atoms with Crippen LogP contribution in [-0.4, -0.2) is 72.5 Å². The summed E-state index contributed by atoms with van der Waals surface area (Å²) in [5.74, 6) is -0.393. The van der Waals surface area contributed by atoms with Gasteiger partial charge in [0.15, 0.2) is 17.3 Å². The maximum absolute atomic E-state index is 14.5. The molecule has 11 nitrogen and oxygen atoms in total. The molecule has 5 heterocycles. The summed E-state index contributed by atoms with van der Waals surface area (Å²) in [4.78, 5) is 47.6. The van der Waals surface area contributed by atoms with Crippen molar-refractivity contribution < 1.29 is 18.7 Å². The molecule has 210 valence electrons. The topological polar surface area (TPSA) is 118 Å². The number of rotatable bonds is 5. The van der Waals surface area contributed by atoms with Crippen LogP contribution < -0.4 is 10.2 Å². The van der Waals surface area contributed by atoms with Gasteiger partial charge in [0.05, 0.1) is 16.9 Å². The highest BCUT2D eigenvalue weighted by Gasteiger charge is 2.31. The third-order valence-corrected chi connectivity index (χ3v) is 6.78. The Bertz CT molecular complexity index is 1570. The molecule has 0 radical (unpaired) electrons. The van der Waals surface area contributed by atoms with Gasteiger partial charge in [-0.05, 0) is 47.5 Å². The first-order chi connectivity index (χ1) is 19.0. The van der Waals surface area contributed by atoms with Gasteiger partial charge in [0, 0.05) is 62.7 Å². The van der Waals surface area contributed by atoms with Crippen molar-refractivity contribution in [3.63, 3.8) is 0 Å². The first-order valence-electron chi connectivity index (χ1n) is 13.3. The number of fused-ring (bicyclic) bond motifs is 2. The molecule has 0 spiro atoms. The number of halogens is 1. The van der Waals surface area contributed by atoms with Crippen LogP contribution in [0.2, 0.25) is 0 Å². The number of pyridine rings is 2. The number of ether oxygens (including phenoxy) is 1. The zero-order valence-corrected chi connectivity index (χ0v) is 23.3. The predicted molar refractivity (Wildman–Crippen MR) is 149 cm³/mol. The lowest BCUT2D eigenvalue weighted by molar-refractivity contribution is 0.0149. The number of aromatic nitrogens is 5. The van der Waals surface area contributed by atoms with Crippen LogP contribution in [0.15, 0.2) is 37.1 Å². The molecule has 0 aromatic carbocycles. The van der Waals surface area contributed by atoms with Gasteiger partial charge in [0.25, 0.3) is 5.91 Å². The lowest BCUT2D eigenvalue weighted by atomic mass is 10.0. The van der Waals surface area contributed by atoms with Gasteiger partial charge in [-0.25, -0.2) is 24.1 Å². The van der Waals surface area contributed by atoms with E-state index in [-0.39, 0.29) is 29.0 Å². The summed E-state index contributed by atoms with van der Waals surface area (Å²) in [7, 11) is 0. The Kier molecular flexibility index (Phi) is 7.26. The smallest absolute Gasteiger partial charge is 0.410 e. The summed E-state index contributed by atoms with van der Waals surface area (Å²) in [6.45, 7) is 11.2. The second-order valence-corrected chi connectivity index (χ2v) is 10.9. The van der Waals surface area contributed by atoms with Crippen molar-refractivity contribution in [2.24, 2.45) is 0 Å². The van der Waals surface area contributed by atoms with E-state index in [0.29, 0.717) is 42.2 Å². The van der Waals surface area contributed by atoms with Gasteiger partial charge in [-0.2, -0.15) is 0 Å². The molecule has 4 aromatic rings. The van der Waals surface area contributed by atoms with Crippen LogP contribution >= 0.6 is 0 Å². The van der Waals surface area contributed by atoms with Gasteiger partial charge in [0.1, 0.15) is 16.6 Å². The fourth-order valence-electron chi connectivity index (χ4n) is 5.04. The molecule has 0 aliphatic carbocycles. The van der Waals surface area contributed by atoms with E-state index in [0.717, 1.165) is 12.8 Å². The first kappa shape index (κ1) is 27.2. The highest BCUT2D eigenvalue weighted by molar-refractivity contribution is 6.12. The van der Waals surface area contributed by atoms with Crippen molar-refractivity contribution in [1.82, 2.24) is 29.2 Å². The third-order valence-electron chi connectivity index (χ3n) is 6.78. The van der Waals surface area contributed by atoms with Crippen LogP contribution in [0.1, 0.15) is 56.6 Å². The third kappa shape index (κ3) is 5.51. The molecular formula is C28H33FN8O3. The Morgan fingerprint density at radius 2 is 1.82 bits per heavy atom. The van der Waals surface area contributed by atoms with E-state index in [1.54, 1.807) is 30.4 Å². The van der Waals surface area contributed by atoms with Crippen molar-refractivity contribution in [1.29, 1.82) is 0 Å². The quantitative estimate of drug-likeness (QED) is 0.385. The van der Waals surface area contributed by atoms with Crippen LogP contribution in [0, 0.1) is 12.7 Å². The van der Waals surface area contributed by atoms with Crippen molar-refractivity contribution in [2.75, 3.05) is 29.9 Å². The van der Waals surface area contributed by atoms with E-state index < -0.39 is 17.3 Å². The molecule has 0 unspecified atom stereocenters. The zero-order valence-electron chi connectivity index (χ0n) is 23.3. The van der Waals surface area contributed by atoms with Crippen molar-refractivity contribution >= 4 is 40.2 Å². The van der Waals surface area contributed by atoms with E-state index >= 15 is 0 Å². The average molecular weight is 549 g/mol. The average Bonchev–Trinajstić information content (AvgIpc) is 3.28. The fraction of sp³-hybridized carbons (Fsp3) is 0.429. The molecule has 40 heavy (non-hydrogen) atoms. The van der Waals surface area contributed by atoms with Crippen molar-refractivity contribution in [3.05, 3.63) is 54.1 Å². The number of piperidine rings is 1. The largest absolute Gasteiger partial charge is 0.444 e. The normalized spacial score (nSPS) is 14.5. The molecule has 1 fully saturated rings. The van der Waals surface area contributed by atoms with Crippen LogP contribution in [0.25, 0.3) is 16.7 Å². The molecule has 5 rings (SSSR count). The SMILES string of the molecule is CCN(C(=O)OC(C)(C)C)C1CCN(c2ncc(C(=O)Nc3cc(F)c4nc(C)cn4c3)c3nccnc23)CC1. The molecule has 4 aromatic heterocycles. The number of amides is 2. The lowest BCUT2D eigenvalue weighted by Crippen LogP contribution is -2.49. The van der Waals surface area contributed by atoms with Gasteiger partial charge in [-0.3, -0.25) is 9.78 Å². The molecule has 2 amide bonds. The van der Waals surface area contributed by atoms with Gasteiger partial charge in [-0.1, -0.05) is 0 Å². The zero-order chi connectivity index (χ0) is 28.6. The molecule has 1 aliphatic heterocycles. The number of imidazole rings is 1. The first-order valence-corrected chi connectivity index (χ1v) is 13.3. The molecule has 1 saturated heterocycles. The number of anilines is 2. The molecule has 12 heteroatoms. The van der Waals surface area contributed by atoms with E-state index in [9.17, 15) is 14.0 Å². The van der Waals surface area contributed by atoms with Gasteiger partial charge < -0.3 is 24.3 Å². The lowest BCUT2D eigenvalue weighted by Gasteiger charge is -2.39. The number of nitrogens with zero attached hydrogens (tertiary/aromatic N) is 7. The summed E-state index contributed by atoms with van der Waals surface area (Å²) in [5.41, 5.74) is 1.71. The molecular weight excluding hydrogens is 515 g/mol. The number of carbonyl (C=O) groups excluding carboxylic acids is 2. The molecule has 1 aliphatic rings. The van der Waals surface area contributed by atoms with E-state index in [4.69, 9.17) is 4.74 Å². The van der Waals surface area contributed by atoms with E-state index in [1.165, 1.54) is 22.9 Å². The number of nitrogens with one attached hydrogen (secondary N) is 1. The minimum atomic E-state index is -0.555. The number of carbonyl (C=O) groups is 2. The molecule has 0 saturated carbocycles. The Labute approximate surface area is 231 Å². The van der Waals surface area contributed by atoms with Crippen LogP contribution in [0.5, 0.6) is 0 Å². The standard InChI is InChI=1S/C28H33FN8O3/c1-6-37(27(39)40-28(3,4)5)19-7-11-35(12-8-19)25-23-22(30-9-10-31-23)20(14-32-25)26(38)34-18-13-21(29)24-33-17(2)15-36(24)16-18/h9-10,13-16,19H,6-8,11-12H2,1-5H3,(H,34,38). The number of aryl methyl sites for hydroxylation is 1. The number of hydrogen-bond donors (Lipinski definition) is 1. The van der Waals surface area contributed by atoms with Crippen LogP contribution in [-0.2, 0) is 4.74 Å². The minimum absolute atomic E-state index is 0.0514. The van der Waals surface area contributed by atoms with Gasteiger partial charge in [0.2, 0.25) is 0 Å². The van der Waals surface area contributed by atoms with Gasteiger partial charge >= 0.3 is 6.09 Å². The second-order valence-electron chi connectivity index (χ2n) is 10.9. The summed E-state index contributed by atoms with van der Waals surface area (Å²) in [6, 6.07) is 1.28. The predicted octanol–water partition coefficient (Wildman–Crippen LogP) is 4.60. The van der Waals surface area contributed by atoms with Crippen LogP contribution in [0.4, 0.5) is 20.7 Å². The molecule has 0 bridgehead atoms. The highest BCUT2D eigenvalue weighted by Crippen LogP contribution is 2.29. The monoisotopic (exact) mass is 548 g/mol. The Balaban J connectivity index is 1.34. The van der Waals surface area contributed by atoms with Gasteiger partial charge in [-0.15, -0.1) is 0 Å². The second kappa shape index (κ2) is 10.7. The minimum Gasteiger partial charge on any atom is -0.444 e. The molecule has 1 N–H and O–H groups in total.